The van der Waals surface area contributed by atoms with Gasteiger partial charge >= 0.3 is 0 Å². The molecule has 0 amide bonds. The highest BCUT2D eigenvalue weighted by Crippen LogP contribution is 1.45. The van der Waals surface area contributed by atoms with Gasteiger partial charge in [-0.2, -0.15) is 0 Å². The Kier molecular flexibility index (Phi) is 937. The lowest BCUT2D eigenvalue weighted by atomic mass is 10.8. The van der Waals surface area contributed by atoms with Gasteiger partial charge in [-0.15, -0.1) is 0 Å². The molecule has 4 N–H and O–H groups in total. The molecule has 0 saturated carbocycles. The van der Waals surface area contributed by atoms with Gasteiger partial charge < -0.3 is 19.6 Å². The smallest absolute Gasteiger partial charge is 0 e. The van der Waals surface area contributed by atoms with Crippen molar-refractivity contribution in [1.82, 2.24) is 0 Å². The standard InChI is InChI=1S/B.4H3OP/c;4*1-2/h;4*1H,2H2. The maximum absolute atomic E-state index is 6.92. The van der Waals surface area contributed by atoms with Crippen LogP contribution in [0.1, 0.15) is 0 Å². The fourth-order valence-corrected chi connectivity index (χ4v) is 0. The van der Waals surface area contributed by atoms with Crippen LogP contribution in [0.5, 0.6) is 0 Å². The van der Waals surface area contributed by atoms with E-state index in [9.17, 15) is 0 Å². The van der Waals surface area contributed by atoms with E-state index in [1.807, 2.05) is 0 Å². The molecule has 0 fully saturated rings. The van der Waals surface area contributed by atoms with Crippen molar-refractivity contribution in [1.29, 1.82) is 0 Å². The van der Waals surface area contributed by atoms with Crippen molar-refractivity contribution in [2.75, 3.05) is 0 Å². The first-order valence-electron chi connectivity index (χ1n) is 1.03. The lowest BCUT2D eigenvalue weighted by Crippen LogP contribution is -0.868. The van der Waals surface area contributed by atoms with Crippen LogP contribution in [-0.2, 0) is 0 Å². The molecule has 3 radical (unpaired) electrons. The van der Waals surface area contributed by atoms with Crippen molar-refractivity contribution in [3.63, 3.8) is 0 Å². The van der Waals surface area contributed by atoms with Crippen LogP contribution >= 0.6 is 37.9 Å². The minimum atomic E-state index is 0. The molecule has 59 valence electrons. The quantitative estimate of drug-likeness (QED) is 0.296. The zero-order valence-electron chi connectivity index (χ0n) is 4.68. The molecule has 0 spiro atoms. The Balaban J connectivity index is -0.00000000762. The number of hydrogen-bond donors (Lipinski definition) is 4. The summed E-state index contributed by atoms with van der Waals surface area (Å²) in [7, 11) is 5.67. The van der Waals surface area contributed by atoms with E-state index in [0.717, 1.165) is 0 Å². The molecule has 0 rings (SSSR count). The van der Waals surface area contributed by atoms with E-state index in [2.05, 4.69) is 0 Å². The monoisotopic (exact) mass is 211 g/mol. The highest BCUT2D eigenvalue weighted by molar-refractivity contribution is 7.08. The molecule has 0 aliphatic rings. The van der Waals surface area contributed by atoms with Crippen molar-refractivity contribution in [2.45, 2.75) is 0 Å². The first-order chi connectivity index (χ1) is 4.00. The van der Waals surface area contributed by atoms with E-state index in [1.165, 1.54) is 37.9 Å². The lowest BCUT2D eigenvalue weighted by Gasteiger charge is -1.21. The molecule has 0 aromatic rings. The zero-order chi connectivity index (χ0) is 8.00. The molecular formula is H12BO4P4. The lowest BCUT2D eigenvalue weighted by molar-refractivity contribution is 0.663. The summed E-state index contributed by atoms with van der Waals surface area (Å²) >= 11 is 0. The Labute approximate surface area is 66.6 Å². The second-order valence-corrected chi connectivity index (χ2v) is 0. The minimum Gasteiger partial charge on any atom is -0.380 e. The summed E-state index contributed by atoms with van der Waals surface area (Å²) in [6.07, 6.45) is 0. The summed E-state index contributed by atoms with van der Waals surface area (Å²) in [5.74, 6) is 0. The van der Waals surface area contributed by atoms with E-state index in [1.54, 1.807) is 0 Å². The maximum Gasteiger partial charge on any atom is 0 e. The average molecular weight is 211 g/mol. The molecule has 4 nitrogen and oxygen atoms in total. The molecule has 0 aromatic carbocycles. The second-order valence-electron chi connectivity index (χ2n) is 0. The molecule has 9 heteroatoms. The van der Waals surface area contributed by atoms with Crippen LogP contribution in [0, 0.1) is 0 Å². The topological polar surface area (TPSA) is 80.9 Å². The average Bonchev–Trinajstić information content (AvgIpc) is 2.03. The summed E-state index contributed by atoms with van der Waals surface area (Å²) < 4.78 is 0. The van der Waals surface area contributed by atoms with Crippen LogP contribution < -0.4 is 0 Å². The zero-order valence-corrected chi connectivity index (χ0v) is 9.29. The van der Waals surface area contributed by atoms with Gasteiger partial charge in [0.1, 0.15) is 0 Å². The number of rotatable bonds is 0. The van der Waals surface area contributed by atoms with E-state index < -0.39 is 0 Å². The maximum atomic E-state index is 6.92. The second kappa shape index (κ2) is 271. The van der Waals surface area contributed by atoms with Crippen LogP contribution in [0.2, 0.25) is 0 Å². The third-order valence-corrected chi connectivity index (χ3v) is 0. The Morgan fingerprint density at radius 2 is 0.444 bits per heavy atom. The largest absolute Gasteiger partial charge is 0.380 e. The van der Waals surface area contributed by atoms with Crippen molar-refractivity contribution in [3.05, 3.63) is 0 Å². The van der Waals surface area contributed by atoms with Crippen LogP contribution in [0.4, 0.5) is 0 Å². The SMILES string of the molecule is OP.OP.OP.OP.[B]. The van der Waals surface area contributed by atoms with Gasteiger partial charge in [0.15, 0.2) is 0 Å². The van der Waals surface area contributed by atoms with Gasteiger partial charge in [-0.25, -0.2) is 0 Å². The molecule has 4 atom stereocenters. The summed E-state index contributed by atoms with van der Waals surface area (Å²) in [4.78, 5) is 27.7. The van der Waals surface area contributed by atoms with Crippen molar-refractivity contribution >= 4 is 46.3 Å². The van der Waals surface area contributed by atoms with Crippen LogP contribution in [0.15, 0.2) is 0 Å². The Bertz CT molecular complexity index is 12.5. The van der Waals surface area contributed by atoms with Crippen molar-refractivity contribution in [2.24, 2.45) is 0 Å². The highest BCUT2D eigenvalue weighted by atomic mass is 31.0. The number of hydrogen-bond acceptors (Lipinski definition) is 4. The van der Waals surface area contributed by atoms with E-state index in [-0.39, 0.29) is 8.41 Å². The van der Waals surface area contributed by atoms with E-state index in [4.69, 9.17) is 19.6 Å². The normalized spacial score (nSPS) is 2.67. The third kappa shape index (κ3) is 212. The van der Waals surface area contributed by atoms with Gasteiger partial charge in [0.05, 0.1) is 0 Å². The van der Waals surface area contributed by atoms with Gasteiger partial charge in [0.2, 0.25) is 0 Å². The van der Waals surface area contributed by atoms with Gasteiger partial charge in [0.25, 0.3) is 0 Å². The minimum absolute atomic E-state index is 0. The van der Waals surface area contributed by atoms with Gasteiger partial charge in [-0.1, -0.05) is 0 Å². The predicted molar refractivity (Wildman–Crippen MR) is 53.5 cm³/mol. The Hall–Kier alpha value is 1.62. The molecule has 9 heavy (non-hydrogen) atoms. The molecule has 0 heterocycles. The Morgan fingerprint density at radius 3 is 0.444 bits per heavy atom. The fourth-order valence-electron chi connectivity index (χ4n) is 0. The summed E-state index contributed by atoms with van der Waals surface area (Å²) in [6, 6.07) is 0. The summed E-state index contributed by atoms with van der Waals surface area (Å²) in [6.45, 7) is 0. The van der Waals surface area contributed by atoms with Crippen LogP contribution in [0.3, 0.4) is 0 Å². The molecule has 0 aliphatic carbocycles. The van der Waals surface area contributed by atoms with Crippen LogP contribution in [-0.4, -0.2) is 28.0 Å². The Morgan fingerprint density at radius 1 is 0.444 bits per heavy atom. The summed E-state index contributed by atoms with van der Waals surface area (Å²) in [5.41, 5.74) is 0. The first-order valence-corrected chi connectivity index (χ1v) is 3.10. The van der Waals surface area contributed by atoms with E-state index in [0.29, 0.717) is 0 Å². The molecule has 0 aromatic heterocycles. The molecule has 0 saturated heterocycles. The predicted octanol–water partition coefficient (Wildman–Crippen LogP) is -1.31. The van der Waals surface area contributed by atoms with Crippen molar-refractivity contribution < 1.29 is 19.6 Å². The third-order valence-electron chi connectivity index (χ3n) is 0. The van der Waals surface area contributed by atoms with Gasteiger partial charge in [-0.3, -0.25) is 0 Å². The molecule has 4 unspecified atom stereocenters. The van der Waals surface area contributed by atoms with Crippen LogP contribution in [0.25, 0.3) is 0 Å². The van der Waals surface area contributed by atoms with Gasteiger partial charge in [0, 0.05) is 8.41 Å². The summed E-state index contributed by atoms with van der Waals surface area (Å²) in [5, 5.41) is 0. The van der Waals surface area contributed by atoms with E-state index >= 15 is 0 Å². The molecule has 0 aliphatic heterocycles. The first kappa shape index (κ1) is 31.1. The fraction of sp³-hybridized carbons (Fsp3) is 0. The highest BCUT2D eigenvalue weighted by Gasteiger charge is 0.831. The molecule has 0 bridgehead atoms. The molecular weight excluding hydrogens is 199 g/mol. The van der Waals surface area contributed by atoms with Gasteiger partial charge in [-0.05, 0) is 37.9 Å². The van der Waals surface area contributed by atoms with Crippen molar-refractivity contribution in [3.8, 4) is 0 Å².